The van der Waals surface area contributed by atoms with E-state index < -0.39 is 23.6 Å². The van der Waals surface area contributed by atoms with Gasteiger partial charge >= 0.3 is 11.8 Å². The van der Waals surface area contributed by atoms with Gasteiger partial charge in [-0.1, -0.05) is 25.0 Å². The lowest BCUT2D eigenvalue weighted by Gasteiger charge is -2.22. The molecule has 2 N–H and O–H groups in total. The summed E-state index contributed by atoms with van der Waals surface area (Å²) in [6, 6.07) is 5.10. The van der Waals surface area contributed by atoms with Crippen molar-refractivity contribution in [2.45, 2.75) is 77.4 Å². The van der Waals surface area contributed by atoms with Crippen molar-refractivity contribution >= 4 is 28.9 Å². The number of aryl methyl sites for hydroxylation is 2. The third-order valence-corrected chi connectivity index (χ3v) is 5.75. The summed E-state index contributed by atoms with van der Waals surface area (Å²) in [4.78, 5) is 48.5. The van der Waals surface area contributed by atoms with Crippen LogP contribution < -0.4 is 16.3 Å². The Morgan fingerprint density at radius 3 is 2.58 bits per heavy atom. The number of amides is 3. The number of nitrogens with zero attached hydrogens (tertiary/aromatic N) is 2. The fraction of sp³-hybridized carbons (Fsp3) is 0.583. The zero-order valence-electron chi connectivity index (χ0n) is 19.9. The number of nitrogens with one attached hydrogen (secondary N) is 2. The predicted molar refractivity (Wildman–Crippen MR) is 125 cm³/mol. The second kappa shape index (κ2) is 10.2. The first-order valence-electron chi connectivity index (χ1n) is 11.6. The Labute approximate surface area is 193 Å². The number of hydrogen-bond donors (Lipinski definition) is 2. The molecular formula is C24H34N4O5. The van der Waals surface area contributed by atoms with Crippen molar-refractivity contribution in [3.63, 3.8) is 0 Å². The van der Waals surface area contributed by atoms with E-state index in [1.54, 1.807) is 11.6 Å². The van der Waals surface area contributed by atoms with Gasteiger partial charge in [-0.2, -0.15) is 0 Å². The molecule has 0 aliphatic carbocycles. The van der Waals surface area contributed by atoms with Gasteiger partial charge in [-0.3, -0.25) is 24.0 Å². The standard InChI is InChI=1S/C24H34N4O5/c1-24(2,3)33-22(31)25-15-8-6-5-7-10-16-11-9-12-17-20(16)27(4)23(32)28(17)18-13-14-19(29)26-21(18)30/h9,11-12,18H,5-8,10,13-15H2,1-4H3,(H,25,31)(H,26,29,30). The van der Waals surface area contributed by atoms with Gasteiger partial charge in [-0.25, -0.2) is 9.59 Å². The molecule has 1 aliphatic heterocycles. The van der Waals surface area contributed by atoms with E-state index in [0.29, 0.717) is 13.0 Å². The third-order valence-electron chi connectivity index (χ3n) is 5.75. The highest BCUT2D eigenvalue weighted by Gasteiger charge is 2.31. The van der Waals surface area contributed by atoms with Gasteiger partial charge in [0.25, 0.3) is 0 Å². The van der Waals surface area contributed by atoms with E-state index in [1.165, 1.54) is 4.57 Å². The maximum absolute atomic E-state index is 13.0. The number of benzene rings is 1. The number of ether oxygens (including phenoxy) is 1. The number of alkyl carbamates (subject to hydrolysis) is 1. The molecule has 1 unspecified atom stereocenters. The number of carbonyl (C=O) groups excluding carboxylic acids is 3. The number of carbonyl (C=O) groups is 3. The summed E-state index contributed by atoms with van der Waals surface area (Å²) in [6.07, 6.45) is 4.75. The molecule has 9 nitrogen and oxygen atoms in total. The Balaban J connectivity index is 1.58. The molecule has 0 radical (unpaired) electrons. The summed E-state index contributed by atoms with van der Waals surface area (Å²) >= 11 is 0. The van der Waals surface area contributed by atoms with Crippen molar-refractivity contribution in [3.8, 4) is 0 Å². The largest absolute Gasteiger partial charge is 0.444 e. The third kappa shape index (κ3) is 6.03. The minimum atomic E-state index is -0.674. The molecule has 3 amide bonds. The molecule has 3 rings (SSSR count). The summed E-state index contributed by atoms with van der Waals surface area (Å²) in [5.74, 6) is -0.724. The van der Waals surface area contributed by atoms with E-state index >= 15 is 0 Å². The van der Waals surface area contributed by atoms with Crippen LogP contribution >= 0.6 is 0 Å². The molecule has 33 heavy (non-hydrogen) atoms. The highest BCUT2D eigenvalue weighted by Crippen LogP contribution is 2.25. The molecule has 180 valence electrons. The van der Waals surface area contributed by atoms with Gasteiger partial charge < -0.3 is 10.1 Å². The Hall–Kier alpha value is -3.10. The number of piperidine rings is 1. The zero-order chi connectivity index (χ0) is 24.2. The molecule has 1 fully saturated rings. The van der Waals surface area contributed by atoms with Gasteiger partial charge in [0, 0.05) is 20.0 Å². The molecule has 1 aliphatic rings. The maximum Gasteiger partial charge on any atom is 0.407 e. The molecule has 0 spiro atoms. The molecule has 1 aromatic carbocycles. The lowest BCUT2D eigenvalue weighted by molar-refractivity contribution is -0.135. The molecule has 2 aromatic rings. The fourth-order valence-electron chi connectivity index (χ4n) is 4.25. The molecule has 1 saturated heterocycles. The Kier molecular flexibility index (Phi) is 7.61. The number of imidazole rings is 1. The van der Waals surface area contributed by atoms with E-state index in [4.69, 9.17) is 4.74 Å². The summed E-state index contributed by atoms with van der Waals surface area (Å²) in [7, 11) is 1.72. The summed E-state index contributed by atoms with van der Waals surface area (Å²) < 4.78 is 8.33. The minimum Gasteiger partial charge on any atom is -0.444 e. The zero-order valence-corrected chi connectivity index (χ0v) is 19.9. The maximum atomic E-state index is 13.0. The Bertz CT molecular complexity index is 1090. The van der Waals surface area contributed by atoms with Gasteiger partial charge in [-0.15, -0.1) is 0 Å². The van der Waals surface area contributed by atoms with Crippen LogP contribution in [-0.4, -0.2) is 39.2 Å². The first-order chi connectivity index (χ1) is 15.6. The topological polar surface area (TPSA) is 111 Å². The van der Waals surface area contributed by atoms with Crippen molar-refractivity contribution < 1.29 is 19.1 Å². The van der Waals surface area contributed by atoms with E-state index in [9.17, 15) is 19.2 Å². The molecule has 1 atom stereocenters. The van der Waals surface area contributed by atoms with Crippen LogP contribution in [0.25, 0.3) is 11.0 Å². The monoisotopic (exact) mass is 458 g/mol. The quantitative estimate of drug-likeness (QED) is 0.467. The average molecular weight is 459 g/mol. The number of unbranched alkanes of at least 4 members (excludes halogenated alkanes) is 3. The molecule has 2 heterocycles. The van der Waals surface area contributed by atoms with E-state index in [-0.39, 0.29) is 18.0 Å². The lowest BCUT2D eigenvalue weighted by atomic mass is 10.0. The van der Waals surface area contributed by atoms with Crippen LogP contribution in [-0.2, 0) is 27.8 Å². The molecule has 0 saturated carbocycles. The molecular weight excluding hydrogens is 424 g/mol. The number of hydrogen-bond acceptors (Lipinski definition) is 5. The summed E-state index contributed by atoms with van der Waals surface area (Å²) in [5.41, 5.74) is 1.86. The van der Waals surface area contributed by atoms with E-state index in [2.05, 4.69) is 10.6 Å². The van der Waals surface area contributed by atoms with Crippen LogP contribution in [0.5, 0.6) is 0 Å². The Morgan fingerprint density at radius 1 is 1.15 bits per heavy atom. The van der Waals surface area contributed by atoms with Gasteiger partial charge in [0.2, 0.25) is 11.8 Å². The highest BCUT2D eigenvalue weighted by atomic mass is 16.6. The predicted octanol–water partition coefficient (Wildman–Crippen LogP) is 2.95. The van der Waals surface area contributed by atoms with Crippen LogP contribution in [0.2, 0.25) is 0 Å². The smallest absolute Gasteiger partial charge is 0.407 e. The van der Waals surface area contributed by atoms with Gasteiger partial charge in [0.05, 0.1) is 11.0 Å². The lowest BCUT2D eigenvalue weighted by Crippen LogP contribution is -2.44. The summed E-state index contributed by atoms with van der Waals surface area (Å²) in [6.45, 7) is 6.08. The van der Waals surface area contributed by atoms with Crippen molar-refractivity contribution in [1.82, 2.24) is 19.8 Å². The molecule has 9 heteroatoms. The second-order valence-corrected chi connectivity index (χ2v) is 9.56. The van der Waals surface area contributed by atoms with Gasteiger partial charge in [0.15, 0.2) is 0 Å². The van der Waals surface area contributed by atoms with Crippen LogP contribution in [0.4, 0.5) is 4.79 Å². The normalized spacial score (nSPS) is 16.7. The van der Waals surface area contributed by atoms with Crippen LogP contribution in [0, 0.1) is 0 Å². The van der Waals surface area contributed by atoms with E-state index in [1.807, 2.05) is 39.0 Å². The van der Waals surface area contributed by atoms with Crippen LogP contribution in [0.3, 0.4) is 0 Å². The molecule has 0 bridgehead atoms. The fourth-order valence-corrected chi connectivity index (χ4v) is 4.25. The number of para-hydroxylation sites is 1. The average Bonchev–Trinajstić information content (AvgIpc) is 2.97. The first-order valence-corrected chi connectivity index (χ1v) is 11.6. The van der Waals surface area contributed by atoms with Crippen LogP contribution in [0.1, 0.15) is 70.9 Å². The van der Waals surface area contributed by atoms with E-state index in [0.717, 1.165) is 48.7 Å². The van der Waals surface area contributed by atoms with Gasteiger partial charge in [-0.05, 0) is 58.1 Å². The van der Waals surface area contributed by atoms with Crippen molar-refractivity contribution in [1.29, 1.82) is 0 Å². The highest BCUT2D eigenvalue weighted by molar-refractivity contribution is 6.00. The molecule has 1 aromatic heterocycles. The summed E-state index contributed by atoms with van der Waals surface area (Å²) in [5, 5.41) is 5.11. The van der Waals surface area contributed by atoms with Crippen molar-refractivity contribution in [3.05, 3.63) is 34.2 Å². The van der Waals surface area contributed by atoms with Crippen LogP contribution in [0.15, 0.2) is 23.0 Å². The Morgan fingerprint density at radius 2 is 1.88 bits per heavy atom. The SMILES string of the molecule is Cn1c(=O)n(C2CCC(=O)NC2=O)c2cccc(CCCCCCNC(=O)OC(C)(C)C)c21. The number of aromatic nitrogens is 2. The number of imide groups is 1. The second-order valence-electron chi connectivity index (χ2n) is 9.56. The van der Waals surface area contributed by atoms with Crippen molar-refractivity contribution in [2.24, 2.45) is 7.05 Å². The number of rotatable bonds is 8. The minimum absolute atomic E-state index is 0.224. The van der Waals surface area contributed by atoms with Crippen molar-refractivity contribution in [2.75, 3.05) is 6.54 Å². The van der Waals surface area contributed by atoms with Gasteiger partial charge in [0.1, 0.15) is 11.6 Å². The first kappa shape index (κ1) is 24.5. The number of fused-ring (bicyclic) bond motifs is 1.